The molecule has 0 radical (unpaired) electrons. The molecular formula is C20H18N2O4. The number of nitrogens with zero attached hydrogens (tertiary/aromatic N) is 2. The number of carbonyl (C=O) groups is 1. The van der Waals surface area contributed by atoms with Gasteiger partial charge in [0.1, 0.15) is 6.61 Å². The van der Waals surface area contributed by atoms with Crippen molar-refractivity contribution in [3.63, 3.8) is 0 Å². The fraction of sp³-hybridized carbons (Fsp3) is 0.250. The van der Waals surface area contributed by atoms with E-state index in [0.717, 1.165) is 23.1 Å². The first kappa shape index (κ1) is 16.3. The number of para-hydroxylation sites is 2. The van der Waals surface area contributed by atoms with Crippen molar-refractivity contribution >= 4 is 17.0 Å². The number of esters is 1. The van der Waals surface area contributed by atoms with Gasteiger partial charge in [0.05, 0.1) is 41.2 Å². The molecule has 0 saturated carbocycles. The Morgan fingerprint density at radius 3 is 2.58 bits per heavy atom. The molecule has 0 atom stereocenters. The zero-order valence-electron chi connectivity index (χ0n) is 14.4. The summed E-state index contributed by atoms with van der Waals surface area (Å²) in [5, 5.41) is 0. The highest BCUT2D eigenvalue weighted by molar-refractivity contribution is 5.90. The van der Waals surface area contributed by atoms with Crippen LogP contribution in [0.3, 0.4) is 0 Å². The van der Waals surface area contributed by atoms with Crippen LogP contribution in [0.25, 0.3) is 11.0 Å². The van der Waals surface area contributed by atoms with Crippen LogP contribution in [0.2, 0.25) is 0 Å². The molecule has 0 aliphatic carbocycles. The van der Waals surface area contributed by atoms with E-state index in [2.05, 4.69) is 9.97 Å². The Morgan fingerprint density at radius 2 is 1.77 bits per heavy atom. The summed E-state index contributed by atoms with van der Waals surface area (Å²) >= 11 is 0. The summed E-state index contributed by atoms with van der Waals surface area (Å²) in [6.45, 7) is 3.10. The molecule has 0 saturated heterocycles. The molecular weight excluding hydrogens is 332 g/mol. The summed E-state index contributed by atoms with van der Waals surface area (Å²) in [7, 11) is 0. The zero-order chi connectivity index (χ0) is 17.9. The average molecular weight is 350 g/mol. The number of benzene rings is 2. The predicted octanol–water partition coefficient (Wildman–Crippen LogP) is 3.46. The number of rotatable bonds is 3. The Kier molecular flexibility index (Phi) is 4.39. The zero-order valence-corrected chi connectivity index (χ0v) is 14.4. The molecule has 0 unspecified atom stereocenters. The van der Waals surface area contributed by atoms with E-state index in [0.29, 0.717) is 36.0 Å². The van der Waals surface area contributed by atoms with Crippen molar-refractivity contribution in [2.75, 3.05) is 13.2 Å². The second-order valence-corrected chi connectivity index (χ2v) is 6.03. The third-order valence-corrected chi connectivity index (χ3v) is 4.17. The highest BCUT2D eigenvalue weighted by atomic mass is 16.5. The Hall–Kier alpha value is -3.15. The van der Waals surface area contributed by atoms with Gasteiger partial charge in [0.15, 0.2) is 11.5 Å². The quantitative estimate of drug-likeness (QED) is 0.674. The van der Waals surface area contributed by atoms with E-state index in [4.69, 9.17) is 14.2 Å². The lowest BCUT2D eigenvalue weighted by Crippen LogP contribution is -2.08. The average Bonchev–Trinajstić information content (AvgIpc) is 2.90. The van der Waals surface area contributed by atoms with Gasteiger partial charge in [-0.1, -0.05) is 12.1 Å². The molecule has 0 N–H and O–H groups in total. The van der Waals surface area contributed by atoms with Gasteiger partial charge in [-0.25, -0.2) is 14.8 Å². The van der Waals surface area contributed by atoms with Crippen molar-refractivity contribution < 1.29 is 19.0 Å². The van der Waals surface area contributed by atoms with Crippen molar-refractivity contribution in [3.8, 4) is 11.5 Å². The lowest BCUT2D eigenvalue weighted by atomic mass is 10.2. The lowest BCUT2D eigenvalue weighted by Gasteiger charge is -2.10. The van der Waals surface area contributed by atoms with Crippen LogP contribution in [0, 0.1) is 6.92 Å². The number of fused-ring (bicyclic) bond motifs is 2. The smallest absolute Gasteiger partial charge is 0.338 e. The molecule has 0 fully saturated rings. The molecule has 0 bridgehead atoms. The molecule has 1 aliphatic heterocycles. The molecule has 4 rings (SSSR count). The summed E-state index contributed by atoms with van der Waals surface area (Å²) in [6, 6.07) is 12.7. The SMILES string of the molecule is Cc1nc2ccccc2nc1COC(=O)c1ccc2c(c1)OCCCO2. The molecule has 132 valence electrons. The van der Waals surface area contributed by atoms with E-state index in [1.54, 1.807) is 18.2 Å². The van der Waals surface area contributed by atoms with Crippen LogP contribution in [0.4, 0.5) is 0 Å². The fourth-order valence-corrected chi connectivity index (χ4v) is 2.77. The summed E-state index contributed by atoms with van der Waals surface area (Å²) < 4.78 is 16.6. The third kappa shape index (κ3) is 3.31. The lowest BCUT2D eigenvalue weighted by molar-refractivity contribution is 0.0466. The molecule has 6 heteroatoms. The summed E-state index contributed by atoms with van der Waals surface area (Å²) in [5.74, 6) is 0.781. The molecule has 6 nitrogen and oxygen atoms in total. The maximum Gasteiger partial charge on any atom is 0.338 e. The standard InChI is InChI=1S/C20H18N2O4/c1-13-17(22-16-6-3-2-5-15(16)21-13)12-26-20(23)14-7-8-18-19(11-14)25-10-4-9-24-18/h2-3,5-8,11H,4,9-10,12H2,1H3. The highest BCUT2D eigenvalue weighted by Crippen LogP contribution is 2.30. The molecule has 0 amide bonds. The Labute approximate surface area is 150 Å². The van der Waals surface area contributed by atoms with Gasteiger partial charge >= 0.3 is 5.97 Å². The summed E-state index contributed by atoms with van der Waals surface area (Å²) in [5.41, 5.74) is 3.41. The first-order valence-electron chi connectivity index (χ1n) is 8.50. The Morgan fingerprint density at radius 1 is 1.04 bits per heavy atom. The molecule has 1 aromatic heterocycles. The topological polar surface area (TPSA) is 70.5 Å². The van der Waals surface area contributed by atoms with E-state index in [9.17, 15) is 4.79 Å². The van der Waals surface area contributed by atoms with Gasteiger partial charge in [0.2, 0.25) is 0 Å². The molecule has 2 heterocycles. The van der Waals surface area contributed by atoms with Crippen LogP contribution < -0.4 is 9.47 Å². The summed E-state index contributed by atoms with van der Waals surface area (Å²) in [4.78, 5) is 21.4. The van der Waals surface area contributed by atoms with Gasteiger partial charge in [-0.05, 0) is 37.3 Å². The summed E-state index contributed by atoms with van der Waals surface area (Å²) in [6.07, 6.45) is 0.814. The number of hydrogen-bond acceptors (Lipinski definition) is 6. The van der Waals surface area contributed by atoms with Gasteiger partial charge in [-0.3, -0.25) is 0 Å². The molecule has 3 aromatic rings. The number of hydrogen-bond donors (Lipinski definition) is 0. The molecule has 1 aliphatic rings. The monoisotopic (exact) mass is 350 g/mol. The Bertz CT molecular complexity index is 971. The highest BCUT2D eigenvalue weighted by Gasteiger charge is 2.16. The number of ether oxygens (including phenoxy) is 3. The third-order valence-electron chi connectivity index (χ3n) is 4.17. The second kappa shape index (κ2) is 7.00. The molecule has 2 aromatic carbocycles. The van der Waals surface area contributed by atoms with Crippen LogP contribution in [0.15, 0.2) is 42.5 Å². The molecule has 0 spiro atoms. The largest absolute Gasteiger partial charge is 0.490 e. The Balaban J connectivity index is 1.50. The van der Waals surface area contributed by atoms with Crippen LogP contribution >= 0.6 is 0 Å². The van der Waals surface area contributed by atoms with Gasteiger partial charge in [0.25, 0.3) is 0 Å². The number of aromatic nitrogens is 2. The molecule has 26 heavy (non-hydrogen) atoms. The first-order valence-corrected chi connectivity index (χ1v) is 8.50. The predicted molar refractivity (Wildman–Crippen MR) is 95.4 cm³/mol. The normalized spacial score (nSPS) is 13.3. The van der Waals surface area contributed by atoms with E-state index in [-0.39, 0.29) is 6.61 Å². The fourth-order valence-electron chi connectivity index (χ4n) is 2.77. The van der Waals surface area contributed by atoms with Crippen LogP contribution in [-0.2, 0) is 11.3 Å². The van der Waals surface area contributed by atoms with E-state index in [1.807, 2.05) is 31.2 Å². The van der Waals surface area contributed by atoms with E-state index >= 15 is 0 Å². The van der Waals surface area contributed by atoms with Gasteiger partial charge < -0.3 is 14.2 Å². The number of carbonyl (C=O) groups excluding carboxylic acids is 1. The minimum Gasteiger partial charge on any atom is -0.490 e. The maximum atomic E-state index is 12.4. The van der Waals surface area contributed by atoms with Crippen LogP contribution in [0.5, 0.6) is 11.5 Å². The minimum atomic E-state index is -0.435. The van der Waals surface area contributed by atoms with Crippen molar-refractivity contribution in [1.82, 2.24) is 9.97 Å². The van der Waals surface area contributed by atoms with Crippen molar-refractivity contribution in [2.24, 2.45) is 0 Å². The van der Waals surface area contributed by atoms with Crippen molar-refractivity contribution in [3.05, 3.63) is 59.4 Å². The van der Waals surface area contributed by atoms with Crippen molar-refractivity contribution in [1.29, 1.82) is 0 Å². The van der Waals surface area contributed by atoms with Crippen molar-refractivity contribution in [2.45, 2.75) is 20.0 Å². The van der Waals surface area contributed by atoms with Gasteiger partial charge in [-0.15, -0.1) is 0 Å². The van der Waals surface area contributed by atoms with Crippen LogP contribution in [0.1, 0.15) is 28.2 Å². The van der Waals surface area contributed by atoms with Crippen LogP contribution in [-0.4, -0.2) is 29.2 Å². The maximum absolute atomic E-state index is 12.4. The van der Waals surface area contributed by atoms with Gasteiger partial charge in [-0.2, -0.15) is 0 Å². The number of aryl methyl sites for hydroxylation is 1. The first-order chi connectivity index (χ1) is 12.7. The van der Waals surface area contributed by atoms with E-state index in [1.165, 1.54) is 0 Å². The van der Waals surface area contributed by atoms with Gasteiger partial charge in [0, 0.05) is 6.42 Å². The minimum absolute atomic E-state index is 0.0664. The second-order valence-electron chi connectivity index (χ2n) is 6.03. The van der Waals surface area contributed by atoms with E-state index < -0.39 is 5.97 Å².